The molecule has 0 spiro atoms. The number of halogens is 1. The zero-order valence-electron chi connectivity index (χ0n) is 19.8. The molecule has 0 unspecified atom stereocenters. The lowest BCUT2D eigenvalue weighted by Gasteiger charge is -2.35. The standard InChI is InChI=1S/C28H27ClN4O2/c1-20-9-11-21(12-10-20)27-30-26(19-33(27)24-7-4-8-25(18-24)35-2)28(34)32-15-13-31(14-16-32)23-6-3-5-22(29)17-23/h3-12,17-19H,13-16H2,1-2H3. The molecule has 2 heterocycles. The number of ether oxygens (including phenoxy) is 1. The summed E-state index contributed by atoms with van der Waals surface area (Å²) in [7, 11) is 1.64. The summed E-state index contributed by atoms with van der Waals surface area (Å²) < 4.78 is 7.38. The highest BCUT2D eigenvalue weighted by molar-refractivity contribution is 6.30. The highest BCUT2D eigenvalue weighted by Gasteiger charge is 2.25. The van der Waals surface area contributed by atoms with Crippen molar-refractivity contribution in [3.8, 4) is 22.8 Å². The van der Waals surface area contributed by atoms with Gasteiger partial charge in [-0.15, -0.1) is 0 Å². The summed E-state index contributed by atoms with van der Waals surface area (Å²) in [5, 5.41) is 0.715. The fourth-order valence-electron chi connectivity index (χ4n) is 4.35. The van der Waals surface area contributed by atoms with Crippen molar-refractivity contribution in [2.75, 3.05) is 38.2 Å². The molecule has 0 radical (unpaired) electrons. The fourth-order valence-corrected chi connectivity index (χ4v) is 4.53. The van der Waals surface area contributed by atoms with Crippen LogP contribution in [-0.4, -0.2) is 53.6 Å². The Labute approximate surface area is 210 Å². The van der Waals surface area contributed by atoms with Crippen molar-refractivity contribution in [3.05, 3.63) is 95.3 Å². The summed E-state index contributed by atoms with van der Waals surface area (Å²) in [6.45, 7) is 4.78. The lowest BCUT2D eigenvalue weighted by atomic mass is 10.1. The number of hydrogen-bond donors (Lipinski definition) is 0. The molecule has 3 aromatic carbocycles. The molecule has 178 valence electrons. The minimum absolute atomic E-state index is 0.0641. The number of methoxy groups -OCH3 is 1. The Hall–Kier alpha value is -3.77. The maximum Gasteiger partial charge on any atom is 0.274 e. The number of amides is 1. The fraction of sp³-hybridized carbons (Fsp3) is 0.214. The summed E-state index contributed by atoms with van der Waals surface area (Å²) in [6.07, 6.45) is 1.83. The van der Waals surface area contributed by atoms with Crippen molar-refractivity contribution in [1.29, 1.82) is 0 Å². The zero-order valence-corrected chi connectivity index (χ0v) is 20.6. The van der Waals surface area contributed by atoms with Crippen LogP contribution >= 0.6 is 11.6 Å². The van der Waals surface area contributed by atoms with E-state index in [2.05, 4.69) is 24.0 Å². The first-order valence-electron chi connectivity index (χ1n) is 11.6. The van der Waals surface area contributed by atoms with Crippen LogP contribution in [0.4, 0.5) is 5.69 Å². The first-order valence-corrected chi connectivity index (χ1v) is 12.0. The second kappa shape index (κ2) is 9.84. The number of benzene rings is 3. The van der Waals surface area contributed by atoms with E-state index in [1.54, 1.807) is 7.11 Å². The minimum atomic E-state index is -0.0641. The lowest BCUT2D eigenvalue weighted by Crippen LogP contribution is -2.48. The Morgan fingerprint density at radius 3 is 2.34 bits per heavy atom. The molecule has 0 aliphatic carbocycles. The van der Waals surface area contributed by atoms with Crippen molar-refractivity contribution in [2.45, 2.75) is 6.92 Å². The van der Waals surface area contributed by atoms with Gasteiger partial charge < -0.3 is 14.5 Å². The lowest BCUT2D eigenvalue weighted by molar-refractivity contribution is 0.0741. The second-order valence-corrected chi connectivity index (χ2v) is 9.08. The van der Waals surface area contributed by atoms with Gasteiger partial charge in [-0.1, -0.05) is 53.6 Å². The summed E-state index contributed by atoms with van der Waals surface area (Å²) in [4.78, 5) is 22.4. The number of imidazole rings is 1. The van der Waals surface area contributed by atoms with Gasteiger partial charge in [-0.3, -0.25) is 9.36 Å². The Kier molecular flexibility index (Phi) is 6.47. The van der Waals surface area contributed by atoms with Crippen molar-refractivity contribution in [2.24, 2.45) is 0 Å². The van der Waals surface area contributed by atoms with Gasteiger partial charge in [0, 0.05) is 54.7 Å². The third kappa shape index (κ3) is 4.88. The SMILES string of the molecule is COc1cccc(-n2cc(C(=O)N3CCN(c4cccc(Cl)c4)CC3)nc2-c2ccc(C)cc2)c1. The van der Waals surface area contributed by atoms with E-state index in [1.807, 2.05) is 76.3 Å². The molecular formula is C28H27ClN4O2. The van der Waals surface area contributed by atoms with Gasteiger partial charge >= 0.3 is 0 Å². The average Bonchev–Trinajstić information content (AvgIpc) is 3.34. The number of hydrogen-bond acceptors (Lipinski definition) is 4. The van der Waals surface area contributed by atoms with Gasteiger partial charge in [0.25, 0.3) is 5.91 Å². The molecule has 5 rings (SSSR count). The summed E-state index contributed by atoms with van der Waals surface area (Å²) in [5.41, 5.74) is 4.51. The van der Waals surface area contributed by atoms with Crippen LogP contribution in [0.2, 0.25) is 5.02 Å². The molecule has 6 nitrogen and oxygen atoms in total. The van der Waals surface area contributed by atoms with Crippen LogP contribution in [0, 0.1) is 6.92 Å². The highest BCUT2D eigenvalue weighted by Crippen LogP contribution is 2.27. The number of aromatic nitrogens is 2. The van der Waals surface area contributed by atoms with E-state index < -0.39 is 0 Å². The number of aryl methyl sites for hydroxylation is 1. The Morgan fingerprint density at radius 1 is 0.914 bits per heavy atom. The quantitative estimate of drug-likeness (QED) is 0.375. The van der Waals surface area contributed by atoms with Crippen LogP contribution in [0.25, 0.3) is 17.1 Å². The van der Waals surface area contributed by atoms with E-state index in [0.29, 0.717) is 23.8 Å². The molecule has 1 amide bonds. The smallest absolute Gasteiger partial charge is 0.274 e. The Morgan fingerprint density at radius 2 is 1.63 bits per heavy atom. The number of piperazine rings is 1. The molecule has 1 saturated heterocycles. The molecule has 0 N–H and O–H groups in total. The van der Waals surface area contributed by atoms with Gasteiger partial charge in [0.05, 0.1) is 12.8 Å². The minimum Gasteiger partial charge on any atom is -0.497 e. The van der Waals surface area contributed by atoms with Gasteiger partial charge in [0.15, 0.2) is 0 Å². The van der Waals surface area contributed by atoms with Crippen LogP contribution in [0.5, 0.6) is 5.75 Å². The molecule has 7 heteroatoms. The molecular weight excluding hydrogens is 460 g/mol. The molecule has 0 bridgehead atoms. The molecule has 1 aromatic heterocycles. The van der Waals surface area contributed by atoms with Gasteiger partial charge in [0.1, 0.15) is 17.3 Å². The molecule has 1 aliphatic heterocycles. The van der Waals surface area contributed by atoms with E-state index >= 15 is 0 Å². The molecule has 0 atom stereocenters. The van der Waals surface area contributed by atoms with E-state index in [9.17, 15) is 4.79 Å². The number of carbonyl (C=O) groups excluding carboxylic acids is 1. The maximum absolute atomic E-state index is 13.5. The zero-order chi connectivity index (χ0) is 24.4. The van der Waals surface area contributed by atoms with E-state index in [0.717, 1.165) is 41.6 Å². The van der Waals surface area contributed by atoms with Gasteiger partial charge in [0.2, 0.25) is 0 Å². The van der Waals surface area contributed by atoms with Crippen molar-refractivity contribution in [1.82, 2.24) is 14.5 Å². The number of anilines is 1. The van der Waals surface area contributed by atoms with Crippen LogP contribution < -0.4 is 9.64 Å². The van der Waals surface area contributed by atoms with Gasteiger partial charge in [-0.25, -0.2) is 4.98 Å². The van der Waals surface area contributed by atoms with Gasteiger partial charge in [-0.2, -0.15) is 0 Å². The molecule has 4 aromatic rings. The first kappa shape index (κ1) is 23.0. The predicted molar refractivity (Wildman–Crippen MR) is 140 cm³/mol. The number of carbonyl (C=O) groups is 1. The van der Waals surface area contributed by atoms with Crippen molar-refractivity contribution in [3.63, 3.8) is 0 Å². The van der Waals surface area contributed by atoms with Crippen molar-refractivity contribution >= 4 is 23.2 Å². The average molecular weight is 487 g/mol. The molecule has 0 saturated carbocycles. The molecule has 1 fully saturated rings. The molecule has 35 heavy (non-hydrogen) atoms. The number of nitrogens with zero attached hydrogens (tertiary/aromatic N) is 4. The van der Waals surface area contributed by atoms with Crippen LogP contribution in [0.1, 0.15) is 16.1 Å². The van der Waals surface area contributed by atoms with Gasteiger partial charge in [-0.05, 0) is 37.3 Å². The van der Waals surface area contributed by atoms with Crippen LogP contribution in [-0.2, 0) is 0 Å². The normalized spacial score (nSPS) is 13.7. The first-order chi connectivity index (χ1) is 17.0. The third-order valence-electron chi connectivity index (χ3n) is 6.31. The highest BCUT2D eigenvalue weighted by atomic mass is 35.5. The second-order valence-electron chi connectivity index (χ2n) is 8.65. The predicted octanol–water partition coefficient (Wildman–Crippen LogP) is 5.47. The topological polar surface area (TPSA) is 50.6 Å². The third-order valence-corrected chi connectivity index (χ3v) is 6.54. The van der Waals surface area contributed by atoms with E-state index in [1.165, 1.54) is 5.56 Å². The maximum atomic E-state index is 13.5. The summed E-state index contributed by atoms with van der Waals surface area (Å²) in [5.74, 6) is 1.40. The molecule has 1 aliphatic rings. The van der Waals surface area contributed by atoms with Crippen molar-refractivity contribution < 1.29 is 9.53 Å². The Bertz CT molecular complexity index is 1340. The largest absolute Gasteiger partial charge is 0.497 e. The monoisotopic (exact) mass is 486 g/mol. The van der Waals surface area contributed by atoms with Crippen LogP contribution in [0.3, 0.4) is 0 Å². The summed E-state index contributed by atoms with van der Waals surface area (Å²) in [6, 6.07) is 23.8. The summed E-state index contributed by atoms with van der Waals surface area (Å²) >= 11 is 6.16. The Balaban J connectivity index is 1.42. The van der Waals surface area contributed by atoms with E-state index in [-0.39, 0.29) is 5.91 Å². The van der Waals surface area contributed by atoms with E-state index in [4.69, 9.17) is 21.3 Å². The number of rotatable bonds is 5. The van der Waals surface area contributed by atoms with Crippen LogP contribution in [0.15, 0.2) is 79.0 Å².